The van der Waals surface area contributed by atoms with Crippen LogP contribution in [0.4, 0.5) is 0 Å². The zero-order chi connectivity index (χ0) is 24.8. The van der Waals surface area contributed by atoms with E-state index in [0.29, 0.717) is 53.8 Å². The average molecular weight is 496 g/mol. The van der Waals surface area contributed by atoms with E-state index in [-0.39, 0.29) is 12.0 Å². The molecule has 0 saturated carbocycles. The average Bonchev–Trinajstić information content (AvgIpc) is 3.27. The van der Waals surface area contributed by atoms with Crippen molar-refractivity contribution < 1.29 is 18.8 Å². The lowest BCUT2D eigenvalue weighted by Gasteiger charge is -2.36. The second-order valence-corrected chi connectivity index (χ2v) is 8.83. The number of hydrogen-bond donors (Lipinski definition) is 0. The molecule has 35 heavy (non-hydrogen) atoms. The van der Waals surface area contributed by atoms with Crippen LogP contribution in [0.15, 0.2) is 65.7 Å². The number of methoxy groups -OCH3 is 1. The number of aromatic nitrogens is 1. The van der Waals surface area contributed by atoms with Crippen LogP contribution in [0.1, 0.15) is 27.8 Å². The van der Waals surface area contributed by atoms with Crippen molar-refractivity contribution in [2.45, 2.75) is 13.0 Å². The highest BCUT2D eigenvalue weighted by molar-refractivity contribution is 6.33. The number of halogens is 1. The number of hydrogen-bond acceptors (Lipinski definition) is 6. The van der Waals surface area contributed by atoms with Crippen molar-refractivity contribution in [1.29, 1.82) is 0 Å². The summed E-state index contributed by atoms with van der Waals surface area (Å²) in [4.78, 5) is 17.6. The Labute approximate surface area is 210 Å². The summed E-state index contributed by atoms with van der Waals surface area (Å²) >= 11 is 6.36. The molecule has 2 aromatic carbocycles. The highest BCUT2D eigenvalue weighted by atomic mass is 35.5. The van der Waals surface area contributed by atoms with Gasteiger partial charge in [-0.05, 0) is 30.7 Å². The molecule has 8 heteroatoms. The van der Waals surface area contributed by atoms with E-state index < -0.39 is 0 Å². The smallest absolute Gasteiger partial charge is 0.259 e. The fourth-order valence-corrected chi connectivity index (χ4v) is 4.49. The molecule has 1 saturated heterocycles. The Morgan fingerprint density at radius 1 is 1.20 bits per heavy atom. The van der Waals surface area contributed by atoms with E-state index in [1.165, 1.54) is 0 Å². The molecule has 4 rings (SSSR count). The van der Waals surface area contributed by atoms with Crippen molar-refractivity contribution in [2.24, 2.45) is 0 Å². The van der Waals surface area contributed by atoms with Gasteiger partial charge in [0.05, 0.1) is 24.8 Å². The van der Waals surface area contributed by atoms with Gasteiger partial charge in [-0.2, -0.15) is 0 Å². The summed E-state index contributed by atoms with van der Waals surface area (Å²) in [6.45, 7) is 9.35. The molecule has 0 radical (unpaired) electrons. The van der Waals surface area contributed by atoms with Gasteiger partial charge in [-0.25, -0.2) is 0 Å². The minimum absolute atomic E-state index is 0.0921. The highest BCUT2D eigenvalue weighted by Crippen LogP contribution is 2.32. The SMILES string of the molecule is C=CCOC(CN1CCN(C(=O)c2c(-c3ccccc3Cl)noc2C)CC1)c1cccc(OC)c1. The minimum atomic E-state index is -0.127. The molecular formula is C27H30ClN3O4. The molecule has 1 fully saturated rings. The predicted molar refractivity (Wildman–Crippen MR) is 136 cm³/mol. The fraction of sp³-hybridized carbons (Fsp3) is 0.333. The van der Waals surface area contributed by atoms with Gasteiger partial charge >= 0.3 is 0 Å². The molecule has 3 aromatic rings. The number of ether oxygens (including phenoxy) is 2. The second kappa shape index (κ2) is 11.5. The first-order valence-corrected chi connectivity index (χ1v) is 12.0. The molecule has 0 N–H and O–H groups in total. The van der Waals surface area contributed by atoms with E-state index in [2.05, 4.69) is 16.6 Å². The van der Waals surface area contributed by atoms with Gasteiger partial charge < -0.3 is 18.9 Å². The number of aryl methyl sites for hydroxylation is 1. The van der Waals surface area contributed by atoms with Crippen molar-refractivity contribution in [3.05, 3.63) is 83.1 Å². The van der Waals surface area contributed by atoms with Gasteiger partial charge in [-0.3, -0.25) is 9.69 Å². The zero-order valence-corrected chi connectivity index (χ0v) is 20.8. The summed E-state index contributed by atoms with van der Waals surface area (Å²) in [6.07, 6.45) is 1.62. The number of benzene rings is 2. The first-order chi connectivity index (χ1) is 17.0. The Morgan fingerprint density at radius 3 is 2.69 bits per heavy atom. The Kier molecular flexibility index (Phi) is 8.23. The quantitative estimate of drug-likeness (QED) is 0.388. The molecule has 1 unspecified atom stereocenters. The van der Waals surface area contributed by atoms with Crippen molar-refractivity contribution in [3.8, 4) is 17.0 Å². The number of nitrogens with zero attached hydrogens (tertiary/aromatic N) is 3. The largest absolute Gasteiger partial charge is 0.497 e. The number of amides is 1. The zero-order valence-electron chi connectivity index (χ0n) is 20.1. The topological polar surface area (TPSA) is 68.0 Å². The van der Waals surface area contributed by atoms with Gasteiger partial charge in [-0.15, -0.1) is 6.58 Å². The number of carbonyl (C=O) groups excluding carboxylic acids is 1. The molecule has 1 aromatic heterocycles. The summed E-state index contributed by atoms with van der Waals surface area (Å²) in [5.74, 6) is 1.19. The van der Waals surface area contributed by atoms with E-state index in [1.807, 2.05) is 47.4 Å². The molecule has 0 spiro atoms. The van der Waals surface area contributed by atoms with E-state index >= 15 is 0 Å². The lowest BCUT2D eigenvalue weighted by atomic mass is 10.0. The molecule has 1 aliphatic heterocycles. The molecule has 0 bridgehead atoms. The maximum atomic E-state index is 13.5. The predicted octanol–water partition coefficient (Wildman–Crippen LogP) is 5.01. The maximum absolute atomic E-state index is 13.5. The van der Waals surface area contributed by atoms with Crippen LogP contribution in [0.3, 0.4) is 0 Å². The van der Waals surface area contributed by atoms with Gasteiger partial charge in [0.15, 0.2) is 0 Å². The molecule has 0 aliphatic carbocycles. The third-order valence-electron chi connectivity index (χ3n) is 6.17. The standard InChI is InChI=1S/C27H30ClN3O4/c1-4-16-34-24(20-8-7-9-21(17-20)33-3)18-30-12-14-31(15-13-30)27(32)25-19(2)35-29-26(25)22-10-5-6-11-23(22)28/h4-11,17,24H,1,12-16,18H2,2-3H3. The van der Waals surface area contributed by atoms with Gasteiger partial charge in [0.1, 0.15) is 22.8 Å². The van der Waals surface area contributed by atoms with Crippen LogP contribution >= 0.6 is 11.6 Å². The van der Waals surface area contributed by atoms with Gasteiger partial charge in [-0.1, -0.05) is 53.2 Å². The molecule has 2 heterocycles. The normalized spacial score (nSPS) is 15.1. The van der Waals surface area contributed by atoms with Crippen LogP contribution in [-0.2, 0) is 4.74 Å². The number of piperazine rings is 1. The van der Waals surface area contributed by atoms with E-state index in [4.69, 9.17) is 25.6 Å². The molecule has 7 nitrogen and oxygen atoms in total. The van der Waals surface area contributed by atoms with Crippen LogP contribution in [0.5, 0.6) is 5.75 Å². The van der Waals surface area contributed by atoms with Crippen LogP contribution in [-0.4, -0.2) is 67.3 Å². The van der Waals surface area contributed by atoms with Gasteiger partial charge in [0.25, 0.3) is 5.91 Å². The van der Waals surface area contributed by atoms with Crippen LogP contribution in [0.25, 0.3) is 11.3 Å². The van der Waals surface area contributed by atoms with Gasteiger partial charge in [0.2, 0.25) is 0 Å². The van der Waals surface area contributed by atoms with Crippen LogP contribution < -0.4 is 4.74 Å². The second-order valence-electron chi connectivity index (χ2n) is 8.42. The minimum Gasteiger partial charge on any atom is -0.497 e. The van der Waals surface area contributed by atoms with Crippen molar-refractivity contribution >= 4 is 17.5 Å². The Balaban J connectivity index is 1.44. The first-order valence-electron chi connectivity index (χ1n) is 11.6. The molecule has 184 valence electrons. The molecule has 1 amide bonds. The number of rotatable bonds is 9. The Hall–Kier alpha value is -3.13. The Morgan fingerprint density at radius 2 is 1.97 bits per heavy atom. The summed E-state index contributed by atoms with van der Waals surface area (Å²) in [6, 6.07) is 15.3. The summed E-state index contributed by atoms with van der Waals surface area (Å²) < 4.78 is 16.8. The van der Waals surface area contributed by atoms with Crippen LogP contribution in [0, 0.1) is 6.92 Å². The monoisotopic (exact) mass is 495 g/mol. The fourth-order valence-electron chi connectivity index (χ4n) is 4.27. The summed E-state index contributed by atoms with van der Waals surface area (Å²) in [5, 5.41) is 4.67. The maximum Gasteiger partial charge on any atom is 0.259 e. The first kappa shape index (κ1) is 25.0. The lowest BCUT2D eigenvalue weighted by molar-refractivity contribution is 0.0244. The van der Waals surface area contributed by atoms with Gasteiger partial charge in [0, 0.05) is 38.3 Å². The molecule has 1 aliphatic rings. The lowest BCUT2D eigenvalue weighted by Crippen LogP contribution is -2.49. The number of carbonyl (C=O) groups is 1. The summed E-state index contributed by atoms with van der Waals surface area (Å²) in [7, 11) is 1.66. The van der Waals surface area contributed by atoms with Crippen molar-refractivity contribution in [2.75, 3.05) is 46.4 Å². The molecular weight excluding hydrogens is 466 g/mol. The Bertz CT molecular complexity index is 1170. The molecule has 1 atom stereocenters. The van der Waals surface area contributed by atoms with Crippen molar-refractivity contribution in [3.63, 3.8) is 0 Å². The third-order valence-corrected chi connectivity index (χ3v) is 6.50. The van der Waals surface area contributed by atoms with E-state index in [1.54, 1.807) is 26.2 Å². The van der Waals surface area contributed by atoms with E-state index in [0.717, 1.165) is 24.4 Å². The van der Waals surface area contributed by atoms with E-state index in [9.17, 15) is 4.79 Å². The summed E-state index contributed by atoms with van der Waals surface area (Å²) in [5.41, 5.74) is 2.69. The highest BCUT2D eigenvalue weighted by Gasteiger charge is 2.30. The third kappa shape index (κ3) is 5.75. The van der Waals surface area contributed by atoms with Crippen LogP contribution in [0.2, 0.25) is 5.02 Å². The van der Waals surface area contributed by atoms with Crippen molar-refractivity contribution in [1.82, 2.24) is 15.0 Å².